The number of rotatable bonds is 1. The van der Waals surface area contributed by atoms with Crippen molar-refractivity contribution in [2.45, 2.75) is 20.3 Å². The second-order valence-corrected chi connectivity index (χ2v) is 4.02. The van der Waals surface area contributed by atoms with Crippen molar-refractivity contribution in [2.24, 2.45) is 17.7 Å². The van der Waals surface area contributed by atoms with Gasteiger partial charge in [0.1, 0.15) is 0 Å². The summed E-state index contributed by atoms with van der Waals surface area (Å²) in [5, 5.41) is 0. The van der Waals surface area contributed by atoms with Gasteiger partial charge in [-0.3, -0.25) is 15.0 Å². The molecule has 1 fully saturated rings. The third kappa shape index (κ3) is 2.23. The molecule has 1 heterocycles. The standard InChI is InChI=1S/C9H17N3O2/c1-6(2)7-3-4-12(5-7)9(14)8(13)11-10/h6-7H,3-5,10H2,1-2H3,(H,11,13). The molecule has 80 valence electrons. The fourth-order valence-corrected chi connectivity index (χ4v) is 1.72. The summed E-state index contributed by atoms with van der Waals surface area (Å²) >= 11 is 0. The molecule has 0 aromatic rings. The first-order valence-electron chi connectivity index (χ1n) is 4.86. The number of nitrogens with zero attached hydrogens (tertiary/aromatic N) is 1. The Balaban J connectivity index is 2.50. The van der Waals surface area contributed by atoms with Crippen LogP contribution < -0.4 is 11.3 Å². The van der Waals surface area contributed by atoms with E-state index in [1.54, 1.807) is 4.90 Å². The van der Waals surface area contributed by atoms with Crippen molar-refractivity contribution in [3.05, 3.63) is 0 Å². The highest BCUT2D eigenvalue weighted by Crippen LogP contribution is 2.23. The minimum Gasteiger partial charge on any atom is -0.334 e. The average molecular weight is 199 g/mol. The Hall–Kier alpha value is -1.10. The van der Waals surface area contributed by atoms with Gasteiger partial charge in [-0.05, 0) is 18.3 Å². The molecule has 0 saturated carbocycles. The maximum absolute atomic E-state index is 11.4. The monoisotopic (exact) mass is 199 g/mol. The predicted octanol–water partition coefficient (Wildman–Crippen LogP) is -0.519. The molecule has 1 saturated heterocycles. The fourth-order valence-electron chi connectivity index (χ4n) is 1.72. The van der Waals surface area contributed by atoms with Crippen molar-refractivity contribution < 1.29 is 9.59 Å². The van der Waals surface area contributed by atoms with Gasteiger partial charge in [0, 0.05) is 13.1 Å². The Labute approximate surface area is 83.6 Å². The molecule has 3 N–H and O–H groups in total. The summed E-state index contributed by atoms with van der Waals surface area (Å²) in [6.45, 7) is 5.59. The number of hydrogen-bond donors (Lipinski definition) is 2. The second-order valence-electron chi connectivity index (χ2n) is 4.02. The summed E-state index contributed by atoms with van der Waals surface area (Å²) in [6.07, 6.45) is 0.973. The average Bonchev–Trinajstić information content (AvgIpc) is 2.64. The number of amides is 2. The summed E-state index contributed by atoms with van der Waals surface area (Å²) in [6, 6.07) is 0. The second kappa shape index (κ2) is 4.41. The molecule has 0 aromatic carbocycles. The minimum atomic E-state index is -0.727. The SMILES string of the molecule is CC(C)C1CCN(C(=O)C(=O)NN)C1. The van der Waals surface area contributed by atoms with E-state index in [0.29, 0.717) is 24.9 Å². The van der Waals surface area contributed by atoms with Gasteiger partial charge in [-0.2, -0.15) is 0 Å². The molecule has 1 aliphatic rings. The van der Waals surface area contributed by atoms with E-state index in [0.717, 1.165) is 6.42 Å². The van der Waals surface area contributed by atoms with Crippen LogP contribution in [0.2, 0.25) is 0 Å². The van der Waals surface area contributed by atoms with Gasteiger partial charge in [0.05, 0.1) is 0 Å². The largest absolute Gasteiger partial charge is 0.334 e. The maximum Gasteiger partial charge on any atom is 0.323 e. The van der Waals surface area contributed by atoms with Crippen LogP contribution in [0.1, 0.15) is 20.3 Å². The molecule has 0 aromatic heterocycles. The lowest BCUT2D eigenvalue weighted by molar-refractivity contribution is -0.145. The van der Waals surface area contributed by atoms with Crippen LogP contribution in [0.15, 0.2) is 0 Å². The molecule has 5 heteroatoms. The first kappa shape index (κ1) is 11.0. The summed E-state index contributed by atoms with van der Waals surface area (Å²) in [7, 11) is 0. The first-order chi connectivity index (χ1) is 6.56. The summed E-state index contributed by atoms with van der Waals surface area (Å²) in [5.41, 5.74) is 1.86. The zero-order chi connectivity index (χ0) is 10.7. The van der Waals surface area contributed by atoms with Crippen molar-refractivity contribution in [3.63, 3.8) is 0 Å². The normalized spacial score (nSPS) is 21.4. The minimum absolute atomic E-state index is 0.504. The third-order valence-electron chi connectivity index (χ3n) is 2.78. The van der Waals surface area contributed by atoms with Gasteiger partial charge in [0.2, 0.25) is 0 Å². The molecular formula is C9H17N3O2. The van der Waals surface area contributed by atoms with E-state index in [2.05, 4.69) is 13.8 Å². The van der Waals surface area contributed by atoms with E-state index >= 15 is 0 Å². The molecule has 1 unspecified atom stereocenters. The third-order valence-corrected chi connectivity index (χ3v) is 2.78. The highest BCUT2D eigenvalue weighted by Gasteiger charge is 2.30. The highest BCUT2D eigenvalue weighted by atomic mass is 16.2. The molecule has 0 radical (unpaired) electrons. The fraction of sp³-hybridized carbons (Fsp3) is 0.778. The van der Waals surface area contributed by atoms with Gasteiger partial charge >= 0.3 is 11.8 Å². The zero-order valence-corrected chi connectivity index (χ0v) is 8.62. The van der Waals surface area contributed by atoms with Gasteiger partial charge in [0.15, 0.2) is 0 Å². The number of hydrogen-bond acceptors (Lipinski definition) is 3. The van der Waals surface area contributed by atoms with Crippen LogP contribution in [0, 0.1) is 11.8 Å². The van der Waals surface area contributed by atoms with Crippen LogP contribution in [0.4, 0.5) is 0 Å². The molecule has 2 amide bonds. The molecule has 1 atom stereocenters. The molecular weight excluding hydrogens is 182 g/mol. The molecule has 14 heavy (non-hydrogen) atoms. The van der Waals surface area contributed by atoms with E-state index < -0.39 is 11.8 Å². The quantitative estimate of drug-likeness (QED) is 0.258. The number of carbonyl (C=O) groups excluding carboxylic acids is 2. The van der Waals surface area contributed by atoms with Crippen molar-refractivity contribution >= 4 is 11.8 Å². The molecule has 0 aliphatic carbocycles. The van der Waals surface area contributed by atoms with E-state index in [9.17, 15) is 9.59 Å². The van der Waals surface area contributed by atoms with Gasteiger partial charge in [0.25, 0.3) is 0 Å². The topological polar surface area (TPSA) is 75.4 Å². The van der Waals surface area contributed by atoms with Gasteiger partial charge in [-0.25, -0.2) is 5.84 Å². The first-order valence-corrected chi connectivity index (χ1v) is 4.86. The van der Waals surface area contributed by atoms with E-state index in [1.807, 2.05) is 5.43 Å². The Morgan fingerprint density at radius 3 is 2.57 bits per heavy atom. The molecule has 0 bridgehead atoms. The Kier molecular flexibility index (Phi) is 3.46. The summed E-state index contributed by atoms with van der Waals surface area (Å²) in [5.74, 6) is 4.70. The van der Waals surface area contributed by atoms with Gasteiger partial charge < -0.3 is 4.90 Å². The number of likely N-dealkylation sites (tertiary alicyclic amines) is 1. The molecule has 1 rings (SSSR count). The molecule has 5 nitrogen and oxygen atoms in total. The lowest BCUT2D eigenvalue weighted by atomic mass is 9.95. The predicted molar refractivity (Wildman–Crippen MR) is 51.9 cm³/mol. The summed E-state index contributed by atoms with van der Waals surface area (Å²) < 4.78 is 0. The number of nitrogens with two attached hydrogens (primary N) is 1. The van der Waals surface area contributed by atoms with E-state index in [-0.39, 0.29) is 0 Å². The van der Waals surface area contributed by atoms with E-state index in [4.69, 9.17) is 5.84 Å². The van der Waals surface area contributed by atoms with Gasteiger partial charge in [-0.15, -0.1) is 0 Å². The van der Waals surface area contributed by atoms with Crippen LogP contribution in [0.5, 0.6) is 0 Å². The van der Waals surface area contributed by atoms with Crippen molar-refractivity contribution in [1.82, 2.24) is 10.3 Å². The van der Waals surface area contributed by atoms with Crippen molar-refractivity contribution in [3.8, 4) is 0 Å². The highest BCUT2D eigenvalue weighted by molar-refractivity contribution is 6.34. The lowest BCUT2D eigenvalue weighted by Gasteiger charge is -2.16. The Morgan fingerprint density at radius 1 is 1.50 bits per heavy atom. The summed E-state index contributed by atoms with van der Waals surface area (Å²) in [4.78, 5) is 23.9. The number of carbonyl (C=O) groups is 2. The van der Waals surface area contributed by atoms with Crippen LogP contribution in [0.25, 0.3) is 0 Å². The Morgan fingerprint density at radius 2 is 2.14 bits per heavy atom. The number of hydrazine groups is 1. The van der Waals surface area contributed by atoms with Crippen LogP contribution in [-0.2, 0) is 9.59 Å². The van der Waals surface area contributed by atoms with Crippen LogP contribution in [0.3, 0.4) is 0 Å². The van der Waals surface area contributed by atoms with Crippen LogP contribution >= 0.6 is 0 Å². The van der Waals surface area contributed by atoms with Crippen LogP contribution in [-0.4, -0.2) is 29.8 Å². The smallest absolute Gasteiger partial charge is 0.323 e. The molecule has 0 spiro atoms. The van der Waals surface area contributed by atoms with Gasteiger partial charge in [-0.1, -0.05) is 13.8 Å². The Bertz CT molecular complexity index is 240. The van der Waals surface area contributed by atoms with E-state index in [1.165, 1.54) is 0 Å². The maximum atomic E-state index is 11.4. The van der Waals surface area contributed by atoms with Crippen molar-refractivity contribution in [1.29, 1.82) is 0 Å². The van der Waals surface area contributed by atoms with Crippen molar-refractivity contribution in [2.75, 3.05) is 13.1 Å². The zero-order valence-electron chi connectivity index (χ0n) is 8.62. The number of nitrogens with one attached hydrogen (secondary N) is 1. The lowest BCUT2D eigenvalue weighted by Crippen LogP contribution is -2.44. The molecule has 1 aliphatic heterocycles.